The van der Waals surface area contributed by atoms with E-state index in [1.165, 1.54) is 18.6 Å². The van der Waals surface area contributed by atoms with Crippen molar-refractivity contribution in [3.8, 4) is 0 Å². The SMILES string of the molecule is CCN1CCCC1CNC(=O)c1ccc(N2CCc3cnc(Nc4ccc(F)cc4)nc32)cc1. The first-order chi connectivity index (χ1) is 16.6. The predicted octanol–water partition coefficient (Wildman–Crippen LogP) is 4.27. The number of nitrogens with one attached hydrogen (secondary N) is 2. The highest BCUT2D eigenvalue weighted by Crippen LogP contribution is 2.33. The van der Waals surface area contributed by atoms with Crippen molar-refractivity contribution in [1.29, 1.82) is 0 Å². The maximum atomic E-state index is 13.2. The van der Waals surface area contributed by atoms with Gasteiger partial charge in [-0.1, -0.05) is 6.92 Å². The number of hydrogen-bond acceptors (Lipinski definition) is 6. The van der Waals surface area contributed by atoms with Crippen LogP contribution in [0.3, 0.4) is 0 Å². The van der Waals surface area contributed by atoms with Crippen molar-refractivity contribution in [2.75, 3.05) is 36.4 Å². The van der Waals surface area contributed by atoms with Crippen LogP contribution in [0.2, 0.25) is 0 Å². The van der Waals surface area contributed by atoms with Crippen LogP contribution >= 0.6 is 0 Å². The third-order valence-corrected chi connectivity index (χ3v) is 6.65. The van der Waals surface area contributed by atoms with Crippen LogP contribution in [0.5, 0.6) is 0 Å². The number of anilines is 4. The van der Waals surface area contributed by atoms with Gasteiger partial charge in [-0.05, 0) is 80.9 Å². The number of rotatable bonds is 7. The molecule has 2 N–H and O–H groups in total. The van der Waals surface area contributed by atoms with E-state index in [2.05, 4.69) is 32.3 Å². The fourth-order valence-electron chi connectivity index (χ4n) is 4.77. The van der Waals surface area contributed by atoms with Crippen LogP contribution < -0.4 is 15.5 Å². The summed E-state index contributed by atoms with van der Waals surface area (Å²) in [5.41, 5.74) is 3.43. The van der Waals surface area contributed by atoms with Crippen molar-refractivity contribution in [1.82, 2.24) is 20.2 Å². The second-order valence-corrected chi connectivity index (χ2v) is 8.76. The van der Waals surface area contributed by atoms with E-state index in [4.69, 9.17) is 4.98 Å². The van der Waals surface area contributed by atoms with Gasteiger partial charge in [-0.2, -0.15) is 4.98 Å². The van der Waals surface area contributed by atoms with Crippen LogP contribution in [-0.2, 0) is 6.42 Å². The Kier molecular flexibility index (Phi) is 6.40. The van der Waals surface area contributed by atoms with Crippen LogP contribution in [0.4, 0.5) is 27.5 Å². The third kappa shape index (κ3) is 4.72. The normalized spacial score (nSPS) is 17.6. The Morgan fingerprint density at radius 2 is 1.91 bits per heavy atom. The van der Waals surface area contributed by atoms with Crippen LogP contribution in [0.1, 0.15) is 35.7 Å². The molecule has 1 aromatic heterocycles. The molecule has 3 heterocycles. The quantitative estimate of drug-likeness (QED) is 0.549. The lowest BCUT2D eigenvalue weighted by Crippen LogP contribution is -2.40. The molecular formula is C26H29FN6O. The van der Waals surface area contributed by atoms with Gasteiger partial charge in [-0.25, -0.2) is 9.37 Å². The van der Waals surface area contributed by atoms with E-state index in [1.54, 1.807) is 12.1 Å². The van der Waals surface area contributed by atoms with Crippen molar-refractivity contribution >= 4 is 29.0 Å². The minimum absolute atomic E-state index is 0.0376. The summed E-state index contributed by atoms with van der Waals surface area (Å²) in [7, 11) is 0. The van der Waals surface area contributed by atoms with Crippen molar-refractivity contribution in [3.63, 3.8) is 0 Å². The Morgan fingerprint density at radius 3 is 2.68 bits per heavy atom. The molecule has 8 heteroatoms. The van der Waals surface area contributed by atoms with E-state index in [0.717, 1.165) is 55.2 Å². The van der Waals surface area contributed by atoms with Gasteiger partial charge in [0.05, 0.1) is 0 Å². The van der Waals surface area contributed by atoms with Gasteiger partial charge in [0.1, 0.15) is 11.6 Å². The van der Waals surface area contributed by atoms with Gasteiger partial charge in [-0.15, -0.1) is 0 Å². The zero-order valence-electron chi connectivity index (χ0n) is 19.3. The van der Waals surface area contributed by atoms with E-state index in [1.807, 2.05) is 30.5 Å². The molecular weight excluding hydrogens is 431 g/mol. The molecule has 5 rings (SSSR count). The molecule has 0 aliphatic carbocycles. The van der Waals surface area contributed by atoms with Crippen LogP contribution in [-0.4, -0.2) is 53.0 Å². The minimum Gasteiger partial charge on any atom is -0.350 e. The van der Waals surface area contributed by atoms with E-state index >= 15 is 0 Å². The highest BCUT2D eigenvalue weighted by Gasteiger charge is 2.25. The van der Waals surface area contributed by atoms with Gasteiger partial charge in [-0.3, -0.25) is 9.69 Å². The molecule has 2 aromatic carbocycles. The van der Waals surface area contributed by atoms with Crippen molar-refractivity contribution < 1.29 is 9.18 Å². The smallest absolute Gasteiger partial charge is 0.251 e. The Labute approximate surface area is 199 Å². The van der Waals surface area contributed by atoms with E-state index in [-0.39, 0.29) is 11.7 Å². The predicted molar refractivity (Wildman–Crippen MR) is 131 cm³/mol. The summed E-state index contributed by atoms with van der Waals surface area (Å²) in [4.78, 5) is 26.3. The Balaban J connectivity index is 1.25. The largest absolute Gasteiger partial charge is 0.350 e. The molecule has 0 radical (unpaired) electrons. The average Bonchev–Trinajstić information content (AvgIpc) is 3.50. The highest BCUT2D eigenvalue weighted by molar-refractivity contribution is 5.94. The van der Waals surface area contributed by atoms with Gasteiger partial charge in [0.15, 0.2) is 0 Å². The fourth-order valence-corrected chi connectivity index (χ4v) is 4.77. The first kappa shape index (κ1) is 22.3. The van der Waals surface area contributed by atoms with Gasteiger partial charge >= 0.3 is 0 Å². The molecule has 1 unspecified atom stereocenters. The number of carbonyl (C=O) groups excluding carboxylic acids is 1. The lowest BCUT2D eigenvalue weighted by molar-refractivity contribution is 0.0941. The summed E-state index contributed by atoms with van der Waals surface area (Å²) in [5.74, 6) is 0.980. The molecule has 0 saturated carbocycles. The topological polar surface area (TPSA) is 73.4 Å². The maximum absolute atomic E-state index is 13.2. The fraction of sp³-hybridized carbons (Fsp3) is 0.346. The number of halogens is 1. The summed E-state index contributed by atoms with van der Waals surface area (Å²) in [6, 6.07) is 14.2. The molecule has 2 aliphatic heterocycles. The van der Waals surface area contributed by atoms with Crippen LogP contribution in [0, 0.1) is 5.82 Å². The van der Waals surface area contributed by atoms with Crippen molar-refractivity contribution in [3.05, 3.63) is 71.7 Å². The standard InChI is InChI=1S/C26H29FN6O/c1-2-32-14-3-4-23(32)17-28-25(34)18-5-11-22(12-6-18)33-15-13-19-16-29-26(31-24(19)33)30-21-9-7-20(27)8-10-21/h5-12,16,23H,2-4,13-15,17H2,1H3,(H,28,34)(H,29,30,31). The second-order valence-electron chi connectivity index (χ2n) is 8.76. The van der Waals surface area contributed by atoms with Crippen molar-refractivity contribution in [2.24, 2.45) is 0 Å². The zero-order valence-corrected chi connectivity index (χ0v) is 19.3. The Hall–Kier alpha value is -3.52. The lowest BCUT2D eigenvalue weighted by atomic mass is 10.1. The molecule has 176 valence electrons. The Morgan fingerprint density at radius 1 is 1.12 bits per heavy atom. The number of nitrogens with zero attached hydrogens (tertiary/aromatic N) is 4. The summed E-state index contributed by atoms with van der Waals surface area (Å²) in [5, 5.41) is 6.23. The van der Waals surface area contributed by atoms with Gasteiger partial charge in [0, 0.05) is 47.8 Å². The number of benzene rings is 2. The molecule has 34 heavy (non-hydrogen) atoms. The molecule has 3 aromatic rings. The number of fused-ring (bicyclic) bond motifs is 1. The van der Waals surface area contributed by atoms with E-state index < -0.39 is 0 Å². The average molecular weight is 461 g/mol. The monoisotopic (exact) mass is 460 g/mol. The third-order valence-electron chi connectivity index (χ3n) is 6.65. The summed E-state index contributed by atoms with van der Waals surface area (Å²) < 4.78 is 13.2. The maximum Gasteiger partial charge on any atom is 0.251 e. The summed E-state index contributed by atoms with van der Waals surface area (Å²) in [6.45, 7) is 5.80. The molecule has 1 atom stereocenters. The number of likely N-dealkylation sites (tertiary alicyclic amines) is 1. The zero-order chi connectivity index (χ0) is 23.5. The summed E-state index contributed by atoms with van der Waals surface area (Å²) in [6.07, 6.45) is 5.02. The first-order valence-electron chi connectivity index (χ1n) is 11.9. The van der Waals surface area contributed by atoms with Crippen LogP contribution in [0.25, 0.3) is 0 Å². The number of carbonyl (C=O) groups is 1. The van der Waals surface area contributed by atoms with E-state index in [9.17, 15) is 9.18 Å². The molecule has 7 nitrogen and oxygen atoms in total. The molecule has 1 saturated heterocycles. The van der Waals surface area contributed by atoms with E-state index in [0.29, 0.717) is 24.1 Å². The highest BCUT2D eigenvalue weighted by atomic mass is 19.1. The van der Waals surface area contributed by atoms with Crippen molar-refractivity contribution in [2.45, 2.75) is 32.2 Å². The molecule has 0 bridgehead atoms. The minimum atomic E-state index is -0.287. The molecule has 2 aliphatic rings. The first-order valence-corrected chi connectivity index (χ1v) is 11.9. The number of hydrogen-bond donors (Lipinski definition) is 2. The summed E-state index contributed by atoms with van der Waals surface area (Å²) >= 11 is 0. The number of amides is 1. The number of aromatic nitrogens is 2. The van der Waals surface area contributed by atoms with Crippen LogP contribution in [0.15, 0.2) is 54.7 Å². The van der Waals surface area contributed by atoms with Gasteiger partial charge < -0.3 is 15.5 Å². The number of likely N-dealkylation sites (N-methyl/N-ethyl adjacent to an activating group) is 1. The second kappa shape index (κ2) is 9.77. The van der Waals surface area contributed by atoms with Gasteiger partial charge in [0.25, 0.3) is 5.91 Å². The molecule has 1 amide bonds. The van der Waals surface area contributed by atoms with Gasteiger partial charge in [0.2, 0.25) is 5.95 Å². The molecule has 1 fully saturated rings. The molecule has 0 spiro atoms. The Bertz CT molecular complexity index is 1150. The lowest BCUT2D eigenvalue weighted by Gasteiger charge is -2.23.